The Hall–Kier alpha value is -4.80. The van der Waals surface area contributed by atoms with Gasteiger partial charge in [0.15, 0.2) is 0 Å². The molecule has 0 aliphatic carbocycles. The fraction of sp³-hybridized carbons (Fsp3) is 0.700. The molecule has 0 N–H and O–H groups in total. The van der Waals surface area contributed by atoms with E-state index in [1.54, 1.807) is 0 Å². The second-order valence-corrected chi connectivity index (χ2v) is 13.5. The van der Waals surface area contributed by atoms with Gasteiger partial charge in [-0.25, -0.2) is 28.8 Å². The first kappa shape index (κ1) is 54.2. The van der Waals surface area contributed by atoms with Gasteiger partial charge in [0.1, 0.15) is 60.2 Å². The number of methoxy groups -OCH3 is 6. The van der Waals surface area contributed by atoms with Gasteiger partial charge in [0.25, 0.3) is 0 Å². The molecule has 0 saturated carbocycles. The topological polar surface area (TPSA) is 205 Å². The molecule has 1 rings (SSSR count). The third kappa shape index (κ3) is 19.6. The number of rotatable bonds is 31. The van der Waals surface area contributed by atoms with E-state index in [2.05, 4.69) is 0 Å². The van der Waals surface area contributed by atoms with Gasteiger partial charge in [0, 0.05) is 62.3 Å². The molecule has 0 saturated heterocycles. The van der Waals surface area contributed by atoms with Gasteiger partial charge in [-0.3, -0.25) is 14.7 Å². The van der Waals surface area contributed by atoms with E-state index in [0.717, 1.165) is 12.8 Å². The average molecular weight is 873 g/mol. The number of carbonyl (C=O) groups is 6. The van der Waals surface area contributed by atoms with Gasteiger partial charge >= 0.3 is 36.0 Å². The van der Waals surface area contributed by atoms with Crippen LogP contribution in [0.1, 0.15) is 77.5 Å². The first-order chi connectivity index (χ1) is 29.4. The normalized spacial score (nSPS) is 10.8. The Bertz CT molecular complexity index is 1390. The zero-order valence-electron chi connectivity index (χ0n) is 37.5. The Labute approximate surface area is 359 Å². The van der Waals surface area contributed by atoms with E-state index < -0.39 is 30.0 Å². The zero-order valence-corrected chi connectivity index (χ0v) is 37.5. The van der Waals surface area contributed by atoms with Gasteiger partial charge < -0.3 is 57.3 Å². The van der Waals surface area contributed by atoms with Crippen LogP contribution in [-0.2, 0) is 42.6 Å². The molecule has 21 nitrogen and oxygen atoms in total. The first-order valence-corrected chi connectivity index (χ1v) is 20.1. The maximum Gasteiger partial charge on any atom is 0.338 e. The van der Waals surface area contributed by atoms with E-state index in [4.69, 9.17) is 42.6 Å². The maximum absolute atomic E-state index is 13.5. The van der Waals surface area contributed by atoms with Gasteiger partial charge in [-0.15, -0.1) is 0 Å². The highest BCUT2D eigenvalue weighted by atomic mass is 16.5. The van der Waals surface area contributed by atoms with Crippen molar-refractivity contribution in [1.29, 1.82) is 0 Å². The average Bonchev–Trinajstić information content (AvgIpc) is 3.25. The summed E-state index contributed by atoms with van der Waals surface area (Å²) in [7, 11) is 8.69. The summed E-state index contributed by atoms with van der Waals surface area (Å²) < 4.78 is 47.6. The summed E-state index contributed by atoms with van der Waals surface area (Å²) >= 11 is 0. The maximum atomic E-state index is 13.5. The van der Waals surface area contributed by atoms with Crippen molar-refractivity contribution in [3.8, 4) is 0 Å². The highest BCUT2D eigenvalue weighted by Gasteiger charge is 2.25. The van der Waals surface area contributed by atoms with Crippen molar-refractivity contribution in [2.45, 2.75) is 46.5 Å². The van der Waals surface area contributed by atoms with Gasteiger partial charge in [-0.05, 0) is 37.5 Å². The molecular formula is C40H68N6O15. The predicted molar refractivity (Wildman–Crippen MR) is 220 cm³/mol. The third-order valence-electron chi connectivity index (χ3n) is 8.52. The Balaban J connectivity index is 3.35. The van der Waals surface area contributed by atoms with Gasteiger partial charge in [-0.1, -0.05) is 27.2 Å². The van der Waals surface area contributed by atoms with Crippen LogP contribution in [0.3, 0.4) is 0 Å². The number of esters is 3. The molecule has 348 valence electrons. The van der Waals surface area contributed by atoms with Crippen molar-refractivity contribution in [2.75, 3.05) is 142 Å². The molecule has 0 fully saturated rings. The molecule has 0 aliphatic rings. The Kier molecular flexibility index (Phi) is 28.4. The third-order valence-corrected chi connectivity index (χ3v) is 8.52. The summed E-state index contributed by atoms with van der Waals surface area (Å²) in [5.41, 5.74) is -0.565. The molecule has 1 aromatic rings. The predicted octanol–water partition coefficient (Wildman–Crippen LogP) is 3.57. The minimum atomic E-state index is -0.913. The second kappa shape index (κ2) is 32.0. The molecule has 0 atom stereocenters. The van der Waals surface area contributed by atoms with Crippen LogP contribution in [0.25, 0.3) is 0 Å². The Morgan fingerprint density at radius 1 is 0.377 bits per heavy atom. The standard InChI is InChI=1S/C40H68N6O15/c1-10-13-16-43(28-55-6)40(52)46(31-58-9)19-22-61-37(49)34-24-32(35(47)59-20-17-44(29-56-7)38(50)41(14-11-2)26-53-4)23-33(25-34)36(48)60-21-18-45(30-57-8)39(51)42(15-12-3)27-54-5/h23-25H,10-22,26-31H2,1-9H3. The molecule has 0 spiro atoms. The van der Waals surface area contributed by atoms with Gasteiger partial charge in [0.2, 0.25) is 0 Å². The number of ether oxygens (including phenoxy) is 9. The summed E-state index contributed by atoms with van der Waals surface area (Å²) in [4.78, 5) is 88.5. The highest BCUT2D eigenvalue weighted by Crippen LogP contribution is 2.16. The van der Waals surface area contributed by atoms with E-state index in [9.17, 15) is 28.8 Å². The monoisotopic (exact) mass is 872 g/mol. The first-order valence-electron chi connectivity index (χ1n) is 20.1. The molecule has 61 heavy (non-hydrogen) atoms. The molecule has 0 heterocycles. The summed E-state index contributed by atoms with van der Waals surface area (Å²) in [6, 6.07) is 2.42. The number of urea groups is 3. The highest BCUT2D eigenvalue weighted by molar-refractivity contribution is 6.00. The lowest BCUT2D eigenvalue weighted by Gasteiger charge is -2.29. The van der Waals surface area contributed by atoms with Crippen LogP contribution in [0.2, 0.25) is 0 Å². The van der Waals surface area contributed by atoms with Crippen LogP contribution in [0.15, 0.2) is 18.2 Å². The smallest absolute Gasteiger partial charge is 0.338 e. The van der Waals surface area contributed by atoms with Crippen molar-refractivity contribution >= 4 is 36.0 Å². The van der Waals surface area contributed by atoms with E-state index in [-0.39, 0.29) is 103 Å². The largest absolute Gasteiger partial charge is 0.460 e. The zero-order chi connectivity index (χ0) is 45.6. The quantitative estimate of drug-likeness (QED) is 0.0594. The van der Waals surface area contributed by atoms with Gasteiger partial charge in [0.05, 0.1) is 36.3 Å². The molecule has 0 radical (unpaired) electrons. The fourth-order valence-electron chi connectivity index (χ4n) is 5.69. The van der Waals surface area contributed by atoms with Crippen molar-refractivity contribution < 1.29 is 71.4 Å². The number of nitrogens with zero attached hydrogens (tertiary/aromatic N) is 6. The number of benzene rings is 1. The lowest BCUT2D eigenvalue weighted by atomic mass is 10.1. The molecule has 21 heteroatoms. The molecule has 6 amide bonds. The lowest BCUT2D eigenvalue weighted by Crippen LogP contribution is -2.46. The van der Waals surface area contributed by atoms with Crippen molar-refractivity contribution in [3.05, 3.63) is 34.9 Å². The van der Waals surface area contributed by atoms with Crippen LogP contribution in [0.4, 0.5) is 14.4 Å². The van der Waals surface area contributed by atoms with Crippen LogP contribution < -0.4 is 0 Å². The molecule has 0 aliphatic heterocycles. The van der Waals surface area contributed by atoms with Crippen LogP contribution in [0.5, 0.6) is 0 Å². The molecule has 0 unspecified atom stereocenters. The van der Waals surface area contributed by atoms with E-state index in [0.29, 0.717) is 32.5 Å². The van der Waals surface area contributed by atoms with E-state index in [1.165, 1.54) is 90.3 Å². The number of hydrogen-bond donors (Lipinski definition) is 0. The number of hydrogen-bond acceptors (Lipinski definition) is 15. The summed E-state index contributed by atoms with van der Waals surface area (Å²) in [5, 5.41) is 0. The minimum absolute atomic E-state index is 0.0467. The van der Waals surface area contributed by atoms with E-state index >= 15 is 0 Å². The van der Waals surface area contributed by atoms with Crippen molar-refractivity contribution in [3.63, 3.8) is 0 Å². The van der Waals surface area contributed by atoms with E-state index in [1.807, 2.05) is 20.8 Å². The SMILES string of the molecule is CCCCN(COC)C(=O)N(CCOC(=O)c1cc(C(=O)OCCN(COC)C(=O)N(CCC)COC)cc(C(=O)OCCN(COC)C(=O)N(CCC)COC)c1)COC. The fourth-order valence-corrected chi connectivity index (χ4v) is 5.69. The van der Waals surface area contributed by atoms with Gasteiger partial charge in [-0.2, -0.15) is 0 Å². The van der Waals surface area contributed by atoms with Crippen molar-refractivity contribution in [2.24, 2.45) is 0 Å². The lowest BCUT2D eigenvalue weighted by molar-refractivity contribution is 0.0192. The molecule has 0 aromatic heterocycles. The Morgan fingerprint density at radius 2 is 0.623 bits per heavy atom. The summed E-state index contributed by atoms with van der Waals surface area (Å²) in [6.07, 6.45) is 2.97. The molecule has 0 bridgehead atoms. The summed E-state index contributed by atoms with van der Waals surface area (Å²) in [6.45, 7) is 6.05. The van der Waals surface area contributed by atoms with Crippen LogP contribution in [-0.4, -0.2) is 208 Å². The number of amides is 6. The van der Waals surface area contributed by atoms with Crippen LogP contribution in [0, 0.1) is 0 Å². The number of carbonyl (C=O) groups excluding carboxylic acids is 6. The number of unbranched alkanes of at least 4 members (excludes halogenated alkanes) is 1. The van der Waals surface area contributed by atoms with Crippen molar-refractivity contribution in [1.82, 2.24) is 29.4 Å². The minimum Gasteiger partial charge on any atom is -0.460 e. The Morgan fingerprint density at radius 3 is 0.852 bits per heavy atom. The summed E-state index contributed by atoms with van der Waals surface area (Å²) in [5.74, 6) is -2.74. The second-order valence-electron chi connectivity index (χ2n) is 13.5. The van der Waals surface area contributed by atoms with Crippen LogP contribution >= 0.6 is 0 Å². The molecular weight excluding hydrogens is 804 g/mol. The molecule has 1 aromatic carbocycles.